The molecule has 3 N–H and O–H groups in total. The first-order chi connectivity index (χ1) is 24.7. The van der Waals surface area contributed by atoms with E-state index in [0.717, 1.165) is 39.2 Å². The summed E-state index contributed by atoms with van der Waals surface area (Å²) in [5.41, 5.74) is 4.56. The highest BCUT2D eigenvalue weighted by Crippen LogP contribution is 2.37. The molecule has 266 valence electrons. The van der Waals surface area contributed by atoms with Crippen LogP contribution in [-0.2, 0) is 32.8 Å². The van der Waals surface area contributed by atoms with E-state index >= 15 is 0 Å². The molecule has 15 nitrogen and oxygen atoms in total. The van der Waals surface area contributed by atoms with Crippen LogP contribution in [0.3, 0.4) is 0 Å². The van der Waals surface area contributed by atoms with Crippen LogP contribution in [0.25, 0.3) is 5.52 Å². The van der Waals surface area contributed by atoms with Crippen molar-refractivity contribution in [3.63, 3.8) is 0 Å². The lowest BCUT2D eigenvalue weighted by Gasteiger charge is -2.36. The molecule has 16 heteroatoms. The van der Waals surface area contributed by atoms with Gasteiger partial charge in [0.15, 0.2) is 24.6 Å². The molecule has 5 atom stereocenters. The molecular formula is C35H38N6O9P+. The third-order valence-electron chi connectivity index (χ3n) is 8.46. The molecule has 51 heavy (non-hydrogen) atoms. The quantitative estimate of drug-likeness (QED) is 0.0956. The number of aromatic nitrogens is 3. The van der Waals surface area contributed by atoms with Gasteiger partial charge in [0.05, 0.1) is 16.8 Å². The number of benzene rings is 2. The lowest BCUT2D eigenvalue weighted by Crippen LogP contribution is -2.53. The van der Waals surface area contributed by atoms with Gasteiger partial charge in [-0.3, -0.25) is 4.79 Å². The predicted octanol–water partition coefficient (Wildman–Crippen LogP) is 4.87. The van der Waals surface area contributed by atoms with Gasteiger partial charge in [0.2, 0.25) is 5.60 Å². The molecule has 2 aromatic carbocycles. The van der Waals surface area contributed by atoms with Crippen molar-refractivity contribution >= 4 is 37.4 Å². The molecule has 0 saturated heterocycles. The number of nitrogen functional groups attached to an aromatic ring is 1. The topological polar surface area (TPSA) is 206 Å². The Bertz CT molecular complexity index is 1880. The number of methoxy groups -OCH3 is 1. The van der Waals surface area contributed by atoms with Gasteiger partial charge in [0.1, 0.15) is 30.1 Å². The fraction of sp³-hybridized carbons (Fsp3) is 0.371. The fourth-order valence-corrected chi connectivity index (χ4v) is 6.44. The Morgan fingerprint density at radius 1 is 1.00 bits per heavy atom. The van der Waals surface area contributed by atoms with Crippen molar-refractivity contribution in [1.29, 1.82) is 5.26 Å². The van der Waals surface area contributed by atoms with Gasteiger partial charge in [0, 0.05) is 7.11 Å². The summed E-state index contributed by atoms with van der Waals surface area (Å²) >= 11 is 0. The SMILES string of the molecule is CO[C@](C#N)(CO[P+](=O)N[C@@H](C)C(=O)OC1CCCCC1)[C@@H](OC(=O)c1ccccc1)[C@@H](OC(=O)c1ccccc1)c1ccc2c(N)ncnn12. The van der Waals surface area contributed by atoms with Crippen molar-refractivity contribution < 1.29 is 42.4 Å². The maximum atomic E-state index is 13.7. The lowest BCUT2D eigenvalue weighted by atomic mass is 9.92. The Balaban J connectivity index is 1.49. The number of anilines is 1. The number of esters is 3. The Morgan fingerprint density at radius 3 is 2.24 bits per heavy atom. The van der Waals surface area contributed by atoms with E-state index in [1.54, 1.807) is 42.5 Å². The molecule has 0 aliphatic heterocycles. The number of nitrogens with zero attached hydrogens (tertiary/aromatic N) is 4. The van der Waals surface area contributed by atoms with Crippen LogP contribution in [0.2, 0.25) is 0 Å². The summed E-state index contributed by atoms with van der Waals surface area (Å²) in [6, 6.07) is 20.0. The molecule has 1 unspecified atom stereocenters. The number of carbonyl (C=O) groups is 3. The summed E-state index contributed by atoms with van der Waals surface area (Å²) in [7, 11) is -1.65. The molecule has 0 radical (unpaired) electrons. The van der Waals surface area contributed by atoms with Crippen molar-refractivity contribution in [2.24, 2.45) is 0 Å². The number of nitrogens with two attached hydrogens (primary N) is 1. The van der Waals surface area contributed by atoms with Crippen molar-refractivity contribution in [2.75, 3.05) is 19.5 Å². The van der Waals surface area contributed by atoms with Crippen LogP contribution in [0.4, 0.5) is 5.82 Å². The van der Waals surface area contributed by atoms with Crippen LogP contribution >= 0.6 is 8.18 Å². The molecule has 0 spiro atoms. The van der Waals surface area contributed by atoms with Crippen LogP contribution in [0, 0.1) is 11.3 Å². The first-order valence-electron chi connectivity index (χ1n) is 16.3. The maximum absolute atomic E-state index is 13.7. The zero-order valence-corrected chi connectivity index (χ0v) is 28.9. The van der Waals surface area contributed by atoms with E-state index in [0.29, 0.717) is 5.52 Å². The highest BCUT2D eigenvalue weighted by molar-refractivity contribution is 7.36. The zero-order valence-electron chi connectivity index (χ0n) is 28.0. The highest BCUT2D eigenvalue weighted by Gasteiger charge is 2.53. The van der Waals surface area contributed by atoms with Crippen LogP contribution in [0.1, 0.15) is 71.5 Å². The van der Waals surface area contributed by atoms with Gasteiger partial charge in [-0.05, 0) is 73.6 Å². The van der Waals surface area contributed by atoms with Crippen LogP contribution in [0.5, 0.6) is 0 Å². The molecule has 1 fully saturated rings. The average molecular weight is 718 g/mol. The number of fused-ring (bicyclic) bond motifs is 1. The number of ether oxygens (including phenoxy) is 4. The van der Waals surface area contributed by atoms with Crippen molar-refractivity contribution in [1.82, 2.24) is 19.7 Å². The molecule has 0 bridgehead atoms. The van der Waals surface area contributed by atoms with Crippen LogP contribution < -0.4 is 10.8 Å². The van der Waals surface area contributed by atoms with Crippen molar-refractivity contribution in [3.05, 3.63) is 95.9 Å². The summed E-state index contributed by atoms with van der Waals surface area (Å²) in [4.78, 5) is 44.0. The molecule has 1 aliphatic rings. The summed E-state index contributed by atoms with van der Waals surface area (Å²) < 4.78 is 43.4. The van der Waals surface area contributed by atoms with Gasteiger partial charge in [-0.25, -0.2) is 19.1 Å². The molecule has 1 aliphatic carbocycles. The Morgan fingerprint density at radius 2 is 1.63 bits per heavy atom. The van der Waals surface area contributed by atoms with E-state index in [-0.39, 0.29) is 28.7 Å². The molecule has 0 amide bonds. The second-order valence-corrected chi connectivity index (χ2v) is 12.9. The number of carbonyl (C=O) groups excluding carboxylic acids is 3. The minimum atomic E-state index is -2.81. The second kappa shape index (κ2) is 17.1. The van der Waals surface area contributed by atoms with Gasteiger partial charge in [-0.1, -0.05) is 47.9 Å². The highest BCUT2D eigenvalue weighted by atomic mass is 31.1. The average Bonchev–Trinajstić information content (AvgIpc) is 3.60. The van der Waals surface area contributed by atoms with E-state index in [9.17, 15) is 24.2 Å². The molecule has 1 saturated carbocycles. The monoisotopic (exact) mass is 717 g/mol. The number of nitriles is 1. The largest absolute Gasteiger partial charge is 0.613 e. The van der Waals surface area contributed by atoms with Gasteiger partial charge < -0.3 is 24.7 Å². The van der Waals surface area contributed by atoms with E-state index in [4.69, 9.17) is 29.2 Å². The first-order valence-corrected chi connectivity index (χ1v) is 17.5. The van der Waals surface area contributed by atoms with Gasteiger partial charge >= 0.3 is 26.1 Å². The normalized spacial score (nSPS) is 16.5. The molecule has 4 aromatic rings. The number of hydrogen-bond acceptors (Lipinski definition) is 13. The van der Waals surface area contributed by atoms with Gasteiger partial charge in [-0.15, -0.1) is 4.52 Å². The molecule has 2 aromatic heterocycles. The van der Waals surface area contributed by atoms with Gasteiger partial charge in [-0.2, -0.15) is 10.4 Å². The molecular weight excluding hydrogens is 679 g/mol. The van der Waals surface area contributed by atoms with E-state index in [2.05, 4.69) is 15.2 Å². The Kier molecular flexibility index (Phi) is 12.4. The smallest absolute Gasteiger partial charge is 0.461 e. The third kappa shape index (κ3) is 8.92. The summed E-state index contributed by atoms with van der Waals surface area (Å²) in [6.07, 6.45) is 2.11. The minimum absolute atomic E-state index is 0.100. The van der Waals surface area contributed by atoms with E-state index in [1.807, 2.05) is 6.07 Å². The second-order valence-electron chi connectivity index (χ2n) is 11.9. The molecule has 5 rings (SSSR count). The third-order valence-corrected chi connectivity index (χ3v) is 9.42. The summed E-state index contributed by atoms with van der Waals surface area (Å²) in [6.45, 7) is 0.698. The van der Waals surface area contributed by atoms with Crippen molar-refractivity contribution in [2.45, 2.75) is 69.0 Å². The summed E-state index contributed by atoms with van der Waals surface area (Å²) in [5, 5.41) is 17.5. The standard InChI is InChI=1S/C35H38N6O9P/c1-23(32(42)48-26-16-10-5-11-17-26)40-51(45)47-21-35(20-36,46-2)30(50-34(44)25-14-8-4-9-15-25)29(49-33(43)24-12-6-3-7-13-24)27-18-19-28-31(37)38-22-39-41(27)28/h3-4,6-9,12-15,18-19,22-23,26,29-30H,5,10-11,16-17,21H2,1-2H3,(H,40,45)(H2,37,38,39)/q+1/t23-,29-,30-,35+/m0/s1. The van der Waals surface area contributed by atoms with E-state index in [1.165, 1.54) is 48.1 Å². The lowest BCUT2D eigenvalue weighted by molar-refractivity contribution is -0.152. The number of hydrogen-bond donors (Lipinski definition) is 2. The summed E-state index contributed by atoms with van der Waals surface area (Å²) in [5.74, 6) is -2.23. The van der Waals surface area contributed by atoms with Crippen LogP contribution in [-0.4, -0.2) is 70.1 Å². The Hall–Kier alpha value is -5.26. The minimum Gasteiger partial charge on any atom is -0.461 e. The van der Waals surface area contributed by atoms with Gasteiger partial charge in [0.25, 0.3) is 0 Å². The Labute approximate surface area is 294 Å². The van der Waals surface area contributed by atoms with Crippen LogP contribution in [0.15, 0.2) is 79.1 Å². The van der Waals surface area contributed by atoms with Crippen molar-refractivity contribution in [3.8, 4) is 6.07 Å². The zero-order chi connectivity index (χ0) is 36.4. The fourth-order valence-electron chi connectivity index (χ4n) is 5.63. The first kappa shape index (κ1) is 37.0. The maximum Gasteiger partial charge on any atom is 0.613 e. The number of rotatable bonds is 15. The number of nitrogens with one attached hydrogen (secondary N) is 1. The molecule has 2 heterocycles. The predicted molar refractivity (Wildman–Crippen MR) is 182 cm³/mol. The van der Waals surface area contributed by atoms with E-state index < -0.39 is 56.5 Å².